The van der Waals surface area contributed by atoms with E-state index in [1.165, 1.54) is 24.3 Å². The summed E-state index contributed by atoms with van der Waals surface area (Å²) in [6.45, 7) is 0.789. The second kappa shape index (κ2) is 9.92. The van der Waals surface area contributed by atoms with E-state index in [0.717, 1.165) is 24.6 Å². The molecule has 0 spiro atoms. The minimum absolute atomic E-state index is 0.0352. The first-order valence-electron chi connectivity index (χ1n) is 12.6. The van der Waals surface area contributed by atoms with Gasteiger partial charge in [0, 0.05) is 18.2 Å². The van der Waals surface area contributed by atoms with Crippen LogP contribution < -0.4 is 4.74 Å². The molecule has 4 aromatic rings. The molecule has 1 aromatic heterocycles. The summed E-state index contributed by atoms with van der Waals surface area (Å²) in [5.74, 6) is -1.88. The van der Waals surface area contributed by atoms with Crippen LogP contribution in [0, 0.1) is 11.6 Å². The maximum atomic E-state index is 15.5. The smallest absolute Gasteiger partial charge is 0.430 e. The Kier molecular flexibility index (Phi) is 6.70. The molecule has 2 N–H and O–H groups in total. The number of H-pyrrole nitrogens is 1. The molecule has 2 fully saturated rings. The van der Waals surface area contributed by atoms with Crippen LogP contribution in [0.5, 0.6) is 6.01 Å². The quantitative estimate of drug-likeness (QED) is 0.259. The molecule has 1 unspecified atom stereocenters. The van der Waals surface area contributed by atoms with Crippen LogP contribution in [0.3, 0.4) is 0 Å². The number of halogens is 8. The molecule has 42 heavy (non-hydrogen) atoms. The Morgan fingerprint density at radius 2 is 1.45 bits per heavy atom. The molecule has 222 valence electrons. The Hall–Kier alpha value is -3.75. The van der Waals surface area contributed by atoms with Crippen LogP contribution in [0.4, 0.5) is 35.1 Å². The highest BCUT2D eigenvalue weighted by Crippen LogP contribution is 2.50. The van der Waals surface area contributed by atoms with Gasteiger partial charge in [0.05, 0.1) is 23.8 Å². The predicted octanol–water partition coefficient (Wildman–Crippen LogP) is 6.42. The number of alkyl halides is 6. The van der Waals surface area contributed by atoms with Gasteiger partial charge in [-0.25, -0.2) is 8.78 Å². The van der Waals surface area contributed by atoms with Gasteiger partial charge in [-0.15, -0.1) is 0 Å². The van der Waals surface area contributed by atoms with Crippen LogP contribution in [-0.2, 0) is 15.1 Å². The summed E-state index contributed by atoms with van der Waals surface area (Å²) in [5.41, 5.74) is -6.34. The molecular weight excluding hydrogens is 580 g/mol. The van der Waals surface area contributed by atoms with E-state index >= 15 is 8.78 Å². The normalized spacial score (nSPS) is 21.2. The third-order valence-electron chi connectivity index (χ3n) is 7.46. The lowest BCUT2D eigenvalue weighted by molar-refractivity contribution is -0.376. The standard InChI is InChI=1S/C28H20F8N2O4/c29-17-11-18-23(38-25(37-18)42-20-12-41-19-9-10-40-24(19)20)22(30)21(17)15-3-1-13(2-4-15)14-5-7-16(8-6-14)26(39,27(31,32)33)28(34,35)36/h1-8,11,19-20,24,39H,9-10,12H2,(H,37,38)/t19-,20?,24+/m1/s1. The molecule has 3 aromatic carbocycles. The molecule has 3 heterocycles. The van der Waals surface area contributed by atoms with Gasteiger partial charge in [0.15, 0.2) is 11.9 Å². The molecule has 2 aliphatic rings. The Bertz CT molecular complexity index is 1600. The molecule has 0 saturated carbocycles. The number of benzene rings is 3. The van der Waals surface area contributed by atoms with E-state index in [-0.39, 0.29) is 47.0 Å². The van der Waals surface area contributed by atoms with Crippen molar-refractivity contribution in [3.8, 4) is 28.3 Å². The summed E-state index contributed by atoms with van der Waals surface area (Å²) in [4.78, 5) is 6.88. The van der Waals surface area contributed by atoms with Gasteiger partial charge < -0.3 is 24.3 Å². The summed E-state index contributed by atoms with van der Waals surface area (Å²) in [6, 6.07) is 9.48. The second-order valence-electron chi connectivity index (χ2n) is 10.00. The highest BCUT2D eigenvalue weighted by molar-refractivity contribution is 5.84. The van der Waals surface area contributed by atoms with Gasteiger partial charge in [0.2, 0.25) is 0 Å². The predicted molar refractivity (Wildman–Crippen MR) is 131 cm³/mol. The molecule has 0 radical (unpaired) electrons. The van der Waals surface area contributed by atoms with Crippen LogP contribution in [0.1, 0.15) is 12.0 Å². The Balaban J connectivity index is 1.26. The third-order valence-corrected chi connectivity index (χ3v) is 7.46. The zero-order valence-electron chi connectivity index (χ0n) is 21.2. The summed E-state index contributed by atoms with van der Waals surface area (Å²) in [5, 5.41) is 9.57. The van der Waals surface area contributed by atoms with Crippen LogP contribution in [0.15, 0.2) is 54.6 Å². The Labute approximate surface area is 231 Å². The summed E-state index contributed by atoms with van der Waals surface area (Å²) in [7, 11) is 0. The number of hydrogen-bond acceptors (Lipinski definition) is 5. The van der Waals surface area contributed by atoms with Crippen molar-refractivity contribution < 1.29 is 54.4 Å². The Morgan fingerprint density at radius 1 is 0.857 bits per heavy atom. The van der Waals surface area contributed by atoms with Crippen molar-refractivity contribution in [3.63, 3.8) is 0 Å². The molecule has 0 aliphatic carbocycles. The van der Waals surface area contributed by atoms with Gasteiger partial charge in [-0.1, -0.05) is 48.5 Å². The fourth-order valence-corrected chi connectivity index (χ4v) is 5.27. The largest absolute Gasteiger partial charge is 0.456 e. The molecule has 14 heteroatoms. The first kappa shape index (κ1) is 28.4. The lowest BCUT2D eigenvalue weighted by Gasteiger charge is -2.32. The zero-order chi connectivity index (χ0) is 30.0. The second-order valence-corrected chi connectivity index (χ2v) is 10.00. The molecular formula is C28H20F8N2O4. The van der Waals surface area contributed by atoms with Crippen molar-refractivity contribution in [1.29, 1.82) is 0 Å². The summed E-state index contributed by atoms with van der Waals surface area (Å²) in [6.07, 6.45) is -12.1. The molecule has 2 aliphatic heterocycles. The SMILES string of the molecule is OC(c1ccc(-c2ccc(-c3c(F)cc4[nH]c(OC5CO[C@@H]6CCO[C@H]56)nc4c3F)cc2)cc1)(C(F)(F)F)C(F)(F)F. The van der Waals surface area contributed by atoms with E-state index in [4.69, 9.17) is 14.2 Å². The minimum Gasteiger partial charge on any atom is -0.456 e. The fraction of sp³-hybridized carbons (Fsp3) is 0.321. The van der Waals surface area contributed by atoms with Gasteiger partial charge in [0.1, 0.15) is 17.4 Å². The van der Waals surface area contributed by atoms with Crippen molar-refractivity contribution in [1.82, 2.24) is 9.97 Å². The molecule has 3 atom stereocenters. The van der Waals surface area contributed by atoms with E-state index in [1.54, 1.807) is 0 Å². The fourth-order valence-electron chi connectivity index (χ4n) is 5.27. The van der Waals surface area contributed by atoms with E-state index in [1.807, 2.05) is 0 Å². The highest BCUT2D eigenvalue weighted by atomic mass is 19.4. The van der Waals surface area contributed by atoms with Crippen LogP contribution in [0.25, 0.3) is 33.3 Å². The highest BCUT2D eigenvalue weighted by Gasteiger charge is 2.71. The number of aromatic amines is 1. The van der Waals surface area contributed by atoms with Gasteiger partial charge in [-0.2, -0.15) is 31.3 Å². The van der Waals surface area contributed by atoms with Crippen molar-refractivity contribution in [2.24, 2.45) is 0 Å². The number of ether oxygens (including phenoxy) is 3. The molecule has 0 bridgehead atoms. The first-order valence-corrected chi connectivity index (χ1v) is 12.6. The zero-order valence-corrected chi connectivity index (χ0v) is 21.2. The third kappa shape index (κ3) is 4.57. The van der Waals surface area contributed by atoms with Crippen LogP contribution in [-0.4, -0.2) is 59.0 Å². The van der Waals surface area contributed by atoms with Crippen LogP contribution in [0.2, 0.25) is 0 Å². The number of aromatic nitrogens is 2. The molecule has 6 rings (SSSR count). The van der Waals surface area contributed by atoms with Gasteiger partial charge in [0.25, 0.3) is 11.6 Å². The number of fused-ring (bicyclic) bond motifs is 2. The molecule has 6 nitrogen and oxygen atoms in total. The van der Waals surface area contributed by atoms with Gasteiger partial charge >= 0.3 is 12.4 Å². The maximum Gasteiger partial charge on any atom is 0.430 e. The number of imidazole rings is 1. The average Bonchev–Trinajstić information content (AvgIpc) is 3.65. The number of aliphatic hydroxyl groups is 1. The number of hydrogen-bond donors (Lipinski definition) is 2. The van der Waals surface area contributed by atoms with Gasteiger partial charge in [-0.3, -0.25) is 0 Å². The summed E-state index contributed by atoms with van der Waals surface area (Å²) < 4.78 is 127. The topological polar surface area (TPSA) is 76.6 Å². The number of nitrogens with zero attached hydrogens (tertiary/aromatic N) is 1. The lowest BCUT2D eigenvalue weighted by atomic mass is 9.90. The van der Waals surface area contributed by atoms with Crippen molar-refractivity contribution >= 4 is 11.0 Å². The minimum atomic E-state index is -6.01. The van der Waals surface area contributed by atoms with Crippen molar-refractivity contribution in [2.75, 3.05) is 13.2 Å². The van der Waals surface area contributed by atoms with E-state index < -0.39 is 46.8 Å². The first-order chi connectivity index (χ1) is 19.8. The van der Waals surface area contributed by atoms with E-state index in [9.17, 15) is 31.4 Å². The van der Waals surface area contributed by atoms with Crippen molar-refractivity contribution in [3.05, 3.63) is 71.8 Å². The lowest BCUT2D eigenvalue weighted by Crippen LogP contribution is -2.53. The average molecular weight is 600 g/mol. The van der Waals surface area contributed by atoms with E-state index in [2.05, 4.69) is 9.97 Å². The Morgan fingerprint density at radius 3 is 2.07 bits per heavy atom. The van der Waals surface area contributed by atoms with Crippen molar-refractivity contribution in [2.45, 2.75) is 42.7 Å². The van der Waals surface area contributed by atoms with Crippen LogP contribution >= 0.6 is 0 Å². The molecule has 2 saturated heterocycles. The summed E-state index contributed by atoms with van der Waals surface area (Å²) >= 11 is 0. The number of nitrogens with one attached hydrogen (secondary N) is 1. The molecule has 0 amide bonds. The number of rotatable bonds is 5. The monoisotopic (exact) mass is 600 g/mol. The van der Waals surface area contributed by atoms with E-state index in [0.29, 0.717) is 24.3 Å². The maximum absolute atomic E-state index is 15.5. The van der Waals surface area contributed by atoms with Gasteiger partial charge in [-0.05, 0) is 23.1 Å².